The van der Waals surface area contributed by atoms with Gasteiger partial charge in [0, 0.05) is 19.3 Å². The van der Waals surface area contributed by atoms with Crippen LogP contribution in [0.3, 0.4) is 0 Å². The first-order valence-corrected chi connectivity index (χ1v) is 8.47. The van der Waals surface area contributed by atoms with Crippen LogP contribution in [0.15, 0.2) is 23.1 Å². The van der Waals surface area contributed by atoms with Crippen LogP contribution in [0.4, 0.5) is 8.78 Å². The topological polar surface area (TPSA) is 55.4 Å². The van der Waals surface area contributed by atoms with E-state index in [1.165, 1.54) is 0 Å². The Morgan fingerprint density at radius 1 is 1.14 bits per heavy atom. The van der Waals surface area contributed by atoms with Gasteiger partial charge in [0.2, 0.25) is 10.0 Å². The van der Waals surface area contributed by atoms with Crippen molar-refractivity contribution in [3.63, 3.8) is 0 Å². The summed E-state index contributed by atoms with van der Waals surface area (Å²) in [5, 5.41) is 0. The molecular weight excluding hydrogens is 300 g/mol. The van der Waals surface area contributed by atoms with E-state index in [9.17, 15) is 17.2 Å². The molecule has 116 valence electrons. The molecule has 0 bridgehead atoms. The van der Waals surface area contributed by atoms with Crippen molar-refractivity contribution >= 4 is 10.0 Å². The van der Waals surface area contributed by atoms with Crippen LogP contribution in [0.1, 0.15) is 25.7 Å². The number of sulfonamides is 1. The number of nitrogens with one attached hydrogen (secondary N) is 1. The van der Waals surface area contributed by atoms with Crippen molar-refractivity contribution in [2.75, 3.05) is 13.2 Å². The van der Waals surface area contributed by atoms with Gasteiger partial charge in [0.1, 0.15) is 11.6 Å². The highest BCUT2D eigenvalue weighted by Crippen LogP contribution is 2.49. The van der Waals surface area contributed by atoms with E-state index in [4.69, 9.17) is 4.74 Å². The second-order valence-corrected chi connectivity index (χ2v) is 7.39. The number of ether oxygens (including phenoxy) is 1. The lowest BCUT2D eigenvalue weighted by atomic mass is 9.60. The maximum absolute atomic E-state index is 13.7. The highest BCUT2D eigenvalue weighted by molar-refractivity contribution is 7.89. The third-order valence-electron chi connectivity index (χ3n) is 4.64. The summed E-state index contributed by atoms with van der Waals surface area (Å²) in [5.41, 5.74) is -0.118. The fraction of sp³-hybridized carbons (Fsp3) is 0.571. The Morgan fingerprint density at radius 3 is 2.29 bits per heavy atom. The lowest BCUT2D eigenvalue weighted by Crippen LogP contribution is -2.57. The molecule has 7 heteroatoms. The monoisotopic (exact) mass is 317 g/mol. The van der Waals surface area contributed by atoms with Crippen LogP contribution in [0.2, 0.25) is 0 Å². The van der Waals surface area contributed by atoms with Crippen molar-refractivity contribution in [1.82, 2.24) is 4.72 Å². The highest BCUT2D eigenvalue weighted by Gasteiger charge is 2.49. The molecule has 3 rings (SSSR count). The van der Waals surface area contributed by atoms with Crippen LogP contribution in [0.5, 0.6) is 0 Å². The Labute approximate surface area is 122 Å². The van der Waals surface area contributed by atoms with Crippen LogP contribution < -0.4 is 4.72 Å². The van der Waals surface area contributed by atoms with Crippen molar-refractivity contribution in [3.8, 4) is 0 Å². The van der Waals surface area contributed by atoms with Gasteiger partial charge in [-0.2, -0.15) is 0 Å². The zero-order valence-corrected chi connectivity index (χ0v) is 12.3. The molecule has 1 saturated carbocycles. The fourth-order valence-corrected chi connectivity index (χ4v) is 4.75. The van der Waals surface area contributed by atoms with Gasteiger partial charge in [0.15, 0.2) is 4.90 Å². The first-order valence-electron chi connectivity index (χ1n) is 6.99. The third-order valence-corrected chi connectivity index (χ3v) is 6.17. The molecule has 1 heterocycles. The molecule has 1 atom stereocenters. The van der Waals surface area contributed by atoms with Gasteiger partial charge in [-0.05, 0) is 43.2 Å². The minimum atomic E-state index is -4.20. The van der Waals surface area contributed by atoms with Crippen LogP contribution in [-0.4, -0.2) is 27.7 Å². The average molecular weight is 317 g/mol. The fourth-order valence-electron chi connectivity index (χ4n) is 3.24. The standard InChI is InChI=1S/C14H17F2NO3S/c15-10-2-1-3-11(16)13(10)21(18,19)17-12-4-5-14(12)6-8-20-9-7-14/h1-3,12,17H,4-9H2. The number of benzene rings is 1. The zero-order chi connectivity index (χ0) is 15.1. The Morgan fingerprint density at radius 2 is 1.76 bits per heavy atom. The molecule has 1 aromatic carbocycles. The zero-order valence-electron chi connectivity index (χ0n) is 11.4. The summed E-state index contributed by atoms with van der Waals surface area (Å²) >= 11 is 0. The van der Waals surface area contributed by atoms with Crippen molar-refractivity contribution in [3.05, 3.63) is 29.8 Å². The third kappa shape index (κ3) is 2.58. The Kier molecular flexibility index (Phi) is 3.75. The summed E-state index contributed by atoms with van der Waals surface area (Å²) in [6, 6.07) is 2.77. The molecule has 2 aliphatic rings. The normalized spacial score (nSPS) is 24.8. The summed E-state index contributed by atoms with van der Waals surface area (Å²) in [7, 11) is -4.20. The van der Waals surface area contributed by atoms with Crippen LogP contribution in [-0.2, 0) is 14.8 Å². The molecule has 2 fully saturated rings. The molecule has 1 N–H and O–H groups in total. The van der Waals surface area contributed by atoms with Gasteiger partial charge in [-0.25, -0.2) is 21.9 Å². The molecule has 1 aromatic rings. The van der Waals surface area contributed by atoms with Gasteiger partial charge in [0.05, 0.1) is 0 Å². The first-order chi connectivity index (χ1) is 9.95. The molecule has 1 aliphatic heterocycles. The van der Waals surface area contributed by atoms with Gasteiger partial charge in [-0.1, -0.05) is 6.07 Å². The van der Waals surface area contributed by atoms with E-state index < -0.39 is 26.6 Å². The molecule has 0 aromatic heterocycles. The van der Waals surface area contributed by atoms with Crippen molar-refractivity contribution in [1.29, 1.82) is 0 Å². The number of rotatable bonds is 3. The highest BCUT2D eigenvalue weighted by atomic mass is 32.2. The lowest BCUT2D eigenvalue weighted by Gasteiger charge is -2.51. The van der Waals surface area contributed by atoms with Crippen LogP contribution >= 0.6 is 0 Å². The number of hydrogen-bond acceptors (Lipinski definition) is 3. The van der Waals surface area contributed by atoms with Gasteiger partial charge < -0.3 is 4.74 Å². The SMILES string of the molecule is O=S(=O)(NC1CCC12CCOCC2)c1c(F)cccc1F. The van der Waals surface area contributed by atoms with Crippen LogP contribution in [0, 0.1) is 17.0 Å². The first kappa shape index (κ1) is 14.9. The van der Waals surface area contributed by atoms with Crippen LogP contribution in [0.25, 0.3) is 0 Å². The Hall–Kier alpha value is -1.05. The molecule has 4 nitrogen and oxygen atoms in total. The number of halogens is 2. The molecule has 1 spiro atoms. The molecule has 0 amide bonds. The second-order valence-electron chi connectivity index (χ2n) is 5.74. The minimum absolute atomic E-state index is 0.118. The van der Waals surface area contributed by atoms with E-state index in [-0.39, 0.29) is 11.5 Å². The van der Waals surface area contributed by atoms with Gasteiger partial charge in [-0.3, -0.25) is 0 Å². The van der Waals surface area contributed by atoms with Crippen molar-refractivity contribution in [2.24, 2.45) is 5.41 Å². The Balaban J connectivity index is 1.84. The van der Waals surface area contributed by atoms with Gasteiger partial charge in [-0.15, -0.1) is 0 Å². The maximum Gasteiger partial charge on any atom is 0.246 e. The Bertz CT molecular complexity index is 621. The summed E-state index contributed by atoms with van der Waals surface area (Å²) < 4.78 is 59.7. The molecule has 1 aliphatic carbocycles. The smallest absolute Gasteiger partial charge is 0.246 e. The number of hydrogen-bond donors (Lipinski definition) is 1. The van der Waals surface area contributed by atoms with Gasteiger partial charge >= 0.3 is 0 Å². The molecule has 21 heavy (non-hydrogen) atoms. The maximum atomic E-state index is 13.7. The predicted octanol–water partition coefficient (Wildman–Crippen LogP) is 2.20. The quantitative estimate of drug-likeness (QED) is 0.930. The molecular formula is C14H17F2NO3S. The van der Waals surface area contributed by atoms with E-state index in [0.717, 1.165) is 37.5 Å². The minimum Gasteiger partial charge on any atom is -0.381 e. The summed E-state index contributed by atoms with van der Waals surface area (Å²) in [4.78, 5) is -0.890. The predicted molar refractivity (Wildman–Crippen MR) is 72.2 cm³/mol. The van der Waals surface area contributed by atoms with Crippen molar-refractivity contribution in [2.45, 2.75) is 36.6 Å². The lowest BCUT2D eigenvalue weighted by molar-refractivity contribution is -0.0483. The average Bonchev–Trinajstić information content (AvgIpc) is 2.44. The van der Waals surface area contributed by atoms with E-state index >= 15 is 0 Å². The summed E-state index contributed by atoms with van der Waals surface area (Å²) in [6.07, 6.45) is 3.17. The summed E-state index contributed by atoms with van der Waals surface area (Å²) in [6.45, 7) is 1.21. The second kappa shape index (κ2) is 5.30. The summed E-state index contributed by atoms with van der Waals surface area (Å²) in [5.74, 6) is -2.13. The molecule has 1 unspecified atom stereocenters. The van der Waals surface area contributed by atoms with E-state index in [0.29, 0.717) is 19.6 Å². The van der Waals surface area contributed by atoms with E-state index in [2.05, 4.69) is 4.72 Å². The van der Waals surface area contributed by atoms with E-state index in [1.54, 1.807) is 0 Å². The largest absolute Gasteiger partial charge is 0.381 e. The van der Waals surface area contributed by atoms with E-state index in [1.807, 2.05) is 0 Å². The molecule has 0 radical (unpaired) electrons. The van der Waals surface area contributed by atoms with Crippen molar-refractivity contribution < 1.29 is 21.9 Å². The van der Waals surface area contributed by atoms with Gasteiger partial charge in [0.25, 0.3) is 0 Å². The molecule has 1 saturated heterocycles.